The molecule has 2 aromatic carbocycles. The first-order valence-corrected chi connectivity index (χ1v) is 7.75. The summed E-state index contributed by atoms with van der Waals surface area (Å²) in [7, 11) is 0. The summed E-state index contributed by atoms with van der Waals surface area (Å²) in [4.78, 5) is 1.66. The Labute approximate surface area is 131 Å². The maximum atomic E-state index is 12.7. The molecule has 0 atom stereocenters. The Balaban J connectivity index is 2.12. The number of hydrogen-bond acceptors (Lipinski definition) is 2. The zero-order chi connectivity index (χ0) is 15.2. The maximum absolute atomic E-state index is 12.7. The molecule has 21 heavy (non-hydrogen) atoms. The molecule has 0 aliphatic heterocycles. The van der Waals surface area contributed by atoms with Crippen molar-refractivity contribution in [3.05, 3.63) is 58.6 Å². The van der Waals surface area contributed by atoms with Crippen LogP contribution in [0.5, 0.6) is 0 Å². The molecule has 0 bridgehead atoms. The van der Waals surface area contributed by atoms with E-state index in [1.807, 2.05) is 18.2 Å². The quantitative estimate of drug-likeness (QED) is 0.771. The van der Waals surface area contributed by atoms with E-state index in [0.717, 1.165) is 21.8 Å². The molecule has 112 valence electrons. The zero-order valence-corrected chi connectivity index (χ0v) is 12.8. The van der Waals surface area contributed by atoms with Crippen molar-refractivity contribution in [1.82, 2.24) is 0 Å². The summed E-state index contributed by atoms with van der Waals surface area (Å²) in [5.74, 6) is 0. The molecule has 1 N–H and O–H groups in total. The van der Waals surface area contributed by atoms with Gasteiger partial charge in [0.15, 0.2) is 0 Å². The molecule has 0 unspecified atom stereocenters. The molecule has 0 heterocycles. The Morgan fingerprint density at radius 3 is 2.52 bits per heavy atom. The zero-order valence-electron chi connectivity index (χ0n) is 11.2. The van der Waals surface area contributed by atoms with Gasteiger partial charge in [-0.25, -0.2) is 8.78 Å². The molecule has 0 amide bonds. The van der Waals surface area contributed by atoms with Gasteiger partial charge in [-0.3, -0.25) is 0 Å². The minimum Gasteiger partial charge on any atom is -0.396 e. The van der Waals surface area contributed by atoms with Crippen LogP contribution in [0.2, 0.25) is 5.02 Å². The number of aliphatic hydroxyl groups is 1. The van der Waals surface area contributed by atoms with Crippen molar-refractivity contribution in [1.29, 1.82) is 0 Å². The van der Waals surface area contributed by atoms with Gasteiger partial charge in [-0.1, -0.05) is 41.6 Å². The SMILES string of the molecule is OCCCc1ccc(Sc2cccc(C(F)F)c2)cc1Cl. The Bertz CT molecular complexity index is 605. The predicted molar refractivity (Wildman–Crippen MR) is 82.4 cm³/mol. The van der Waals surface area contributed by atoms with Crippen LogP contribution in [0.4, 0.5) is 8.78 Å². The summed E-state index contributed by atoms with van der Waals surface area (Å²) in [5.41, 5.74) is 1.00. The average molecular weight is 329 g/mol. The van der Waals surface area contributed by atoms with Crippen LogP contribution < -0.4 is 0 Å². The number of benzene rings is 2. The van der Waals surface area contributed by atoms with E-state index >= 15 is 0 Å². The second kappa shape index (κ2) is 7.78. The topological polar surface area (TPSA) is 20.2 Å². The first-order valence-electron chi connectivity index (χ1n) is 6.55. The Kier molecular flexibility index (Phi) is 6.03. The lowest BCUT2D eigenvalue weighted by atomic mass is 10.1. The molecule has 0 saturated heterocycles. The maximum Gasteiger partial charge on any atom is 0.263 e. The van der Waals surface area contributed by atoms with Gasteiger partial charge in [0.1, 0.15) is 0 Å². The fraction of sp³-hybridized carbons (Fsp3) is 0.250. The summed E-state index contributed by atoms with van der Waals surface area (Å²) in [6.45, 7) is 0.132. The van der Waals surface area contributed by atoms with Crippen LogP contribution in [-0.2, 0) is 6.42 Å². The van der Waals surface area contributed by atoms with Gasteiger partial charge in [0.25, 0.3) is 6.43 Å². The second-order valence-electron chi connectivity index (χ2n) is 4.56. The van der Waals surface area contributed by atoms with Gasteiger partial charge < -0.3 is 5.11 Å². The molecule has 0 aliphatic carbocycles. The van der Waals surface area contributed by atoms with Crippen molar-refractivity contribution in [3.8, 4) is 0 Å². The largest absolute Gasteiger partial charge is 0.396 e. The van der Waals surface area contributed by atoms with E-state index in [1.165, 1.54) is 23.9 Å². The molecular weight excluding hydrogens is 314 g/mol. The third-order valence-electron chi connectivity index (χ3n) is 2.97. The highest BCUT2D eigenvalue weighted by molar-refractivity contribution is 7.99. The molecule has 2 rings (SSSR count). The second-order valence-corrected chi connectivity index (χ2v) is 6.11. The number of alkyl halides is 2. The van der Waals surface area contributed by atoms with E-state index in [-0.39, 0.29) is 12.2 Å². The molecule has 2 aromatic rings. The van der Waals surface area contributed by atoms with Crippen LogP contribution >= 0.6 is 23.4 Å². The number of halogens is 3. The highest BCUT2D eigenvalue weighted by Crippen LogP contribution is 2.33. The number of hydrogen-bond donors (Lipinski definition) is 1. The van der Waals surface area contributed by atoms with E-state index in [1.54, 1.807) is 12.1 Å². The summed E-state index contributed by atoms with van der Waals surface area (Å²) in [6, 6.07) is 12.0. The third-order valence-corrected chi connectivity index (χ3v) is 4.31. The average Bonchev–Trinajstić information content (AvgIpc) is 2.47. The van der Waals surface area contributed by atoms with Gasteiger partial charge in [0.2, 0.25) is 0 Å². The van der Waals surface area contributed by atoms with Gasteiger partial charge in [-0.05, 0) is 42.7 Å². The van der Waals surface area contributed by atoms with Crippen LogP contribution in [0.1, 0.15) is 24.0 Å². The van der Waals surface area contributed by atoms with E-state index < -0.39 is 6.43 Å². The Morgan fingerprint density at radius 2 is 1.86 bits per heavy atom. The van der Waals surface area contributed by atoms with E-state index in [0.29, 0.717) is 11.4 Å². The molecule has 5 heteroatoms. The lowest BCUT2D eigenvalue weighted by Crippen LogP contribution is -1.90. The van der Waals surface area contributed by atoms with Crippen molar-refractivity contribution < 1.29 is 13.9 Å². The number of aliphatic hydroxyl groups excluding tert-OH is 1. The molecule has 0 fully saturated rings. The molecule has 0 saturated carbocycles. The van der Waals surface area contributed by atoms with Gasteiger partial charge in [0, 0.05) is 27.0 Å². The van der Waals surface area contributed by atoms with Crippen molar-refractivity contribution in [2.24, 2.45) is 0 Å². The normalized spacial score (nSPS) is 11.1. The molecular formula is C16H15ClF2OS. The van der Waals surface area contributed by atoms with Crippen LogP contribution in [0.25, 0.3) is 0 Å². The van der Waals surface area contributed by atoms with Crippen LogP contribution in [-0.4, -0.2) is 11.7 Å². The lowest BCUT2D eigenvalue weighted by molar-refractivity contribution is 0.151. The molecule has 0 radical (unpaired) electrons. The van der Waals surface area contributed by atoms with Gasteiger partial charge in [0.05, 0.1) is 0 Å². The minimum absolute atomic E-state index is 0.0191. The first-order chi connectivity index (χ1) is 10.1. The lowest BCUT2D eigenvalue weighted by Gasteiger charge is -2.08. The fourth-order valence-electron chi connectivity index (χ4n) is 1.91. The van der Waals surface area contributed by atoms with Crippen LogP contribution in [0, 0.1) is 0 Å². The van der Waals surface area contributed by atoms with E-state index in [2.05, 4.69) is 0 Å². The smallest absolute Gasteiger partial charge is 0.263 e. The standard InChI is InChI=1S/C16H15ClF2OS/c17-15-10-14(7-6-11(15)4-2-8-20)21-13-5-1-3-12(9-13)16(18)19/h1,3,5-7,9-10,16,20H,2,4,8H2. The van der Waals surface area contributed by atoms with Crippen LogP contribution in [0.15, 0.2) is 52.3 Å². The van der Waals surface area contributed by atoms with Crippen molar-refractivity contribution in [2.75, 3.05) is 6.61 Å². The van der Waals surface area contributed by atoms with Gasteiger partial charge >= 0.3 is 0 Å². The van der Waals surface area contributed by atoms with Crippen molar-refractivity contribution >= 4 is 23.4 Å². The fourth-order valence-corrected chi connectivity index (χ4v) is 3.18. The molecule has 0 aromatic heterocycles. The Morgan fingerprint density at radius 1 is 1.10 bits per heavy atom. The monoisotopic (exact) mass is 328 g/mol. The van der Waals surface area contributed by atoms with E-state index in [4.69, 9.17) is 16.7 Å². The molecule has 1 nitrogen and oxygen atoms in total. The summed E-state index contributed by atoms with van der Waals surface area (Å²) in [5, 5.41) is 9.47. The highest BCUT2D eigenvalue weighted by atomic mass is 35.5. The van der Waals surface area contributed by atoms with E-state index in [9.17, 15) is 8.78 Å². The summed E-state index contributed by atoms with van der Waals surface area (Å²) in [6.07, 6.45) is -1.07. The van der Waals surface area contributed by atoms with Gasteiger partial charge in [-0.2, -0.15) is 0 Å². The summed E-state index contributed by atoms with van der Waals surface area (Å²) < 4.78 is 25.3. The highest BCUT2D eigenvalue weighted by Gasteiger charge is 2.08. The third kappa shape index (κ3) is 4.70. The minimum atomic E-state index is -2.46. The van der Waals surface area contributed by atoms with Crippen molar-refractivity contribution in [3.63, 3.8) is 0 Å². The molecule has 0 spiro atoms. The Hall–Kier alpha value is -1.10. The number of aryl methyl sites for hydroxylation is 1. The number of rotatable bonds is 6. The molecule has 0 aliphatic rings. The van der Waals surface area contributed by atoms with Crippen LogP contribution in [0.3, 0.4) is 0 Å². The first kappa shape index (κ1) is 16.3. The summed E-state index contributed by atoms with van der Waals surface area (Å²) >= 11 is 7.60. The predicted octanol–water partition coefficient (Wildman–Crippen LogP) is 5.35. The van der Waals surface area contributed by atoms with Crippen molar-refractivity contribution in [2.45, 2.75) is 29.1 Å². The van der Waals surface area contributed by atoms with Gasteiger partial charge in [-0.15, -0.1) is 0 Å².